The molecule has 0 bridgehead atoms. The third-order valence-corrected chi connectivity index (χ3v) is 4.99. The molecule has 3 rings (SSSR count). The van der Waals surface area contributed by atoms with Crippen LogP contribution in [0.25, 0.3) is 0 Å². The zero-order chi connectivity index (χ0) is 24.5. The van der Waals surface area contributed by atoms with Crippen LogP contribution in [0.15, 0.2) is 77.3 Å². The van der Waals surface area contributed by atoms with Crippen LogP contribution in [0.2, 0.25) is 0 Å². The molecule has 0 radical (unpaired) electrons. The van der Waals surface area contributed by atoms with Gasteiger partial charge in [-0.2, -0.15) is 0 Å². The second kappa shape index (κ2) is 12.2. The Labute approximate surface area is 212 Å². The van der Waals surface area contributed by atoms with Crippen molar-refractivity contribution >= 4 is 56.4 Å². The van der Waals surface area contributed by atoms with Crippen LogP contribution in [0.3, 0.4) is 0 Å². The Morgan fingerprint density at radius 2 is 1.65 bits per heavy atom. The van der Waals surface area contributed by atoms with Gasteiger partial charge < -0.3 is 20.1 Å². The highest BCUT2D eigenvalue weighted by Crippen LogP contribution is 2.24. The average molecular weight is 542 g/mol. The monoisotopic (exact) mass is 541 g/mol. The van der Waals surface area contributed by atoms with E-state index in [1.807, 2.05) is 32.0 Å². The molecule has 0 heterocycles. The molecule has 2 amide bonds. The molecule has 0 saturated heterocycles. The summed E-state index contributed by atoms with van der Waals surface area (Å²) in [6, 6.07) is 21.2. The molecule has 3 N–H and O–H groups in total. The smallest absolute Gasteiger partial charge is 0.262 e. The molecule has 34 heavy (non-hydrogen) atoms. The normalized spacial score (nSPS) is 10.4. The van der Waals surface area contributed by atoms with E-state index >= 15 is 0 Å². The number of thiocarbonyl (C=S) groups is 1. The SMILES string of the molecule is CC(C)Oc1ccc(Br)cc1C(=O)NC(=S)Nc1cccc(NC(=O)COc2ccccc2)c1. The zero-order valence-electron chi connectivity index (χ0n) is 18.6. The van der Waals surface area contributed by atoms with Gasteiger partial charge >= 0.3 is 0 Å². The van der Waals surface area contributed by atoms with Crippen LogP contribution in [-0.4, -0.2) is 29.6 Å². The van der Waals surface area contributed by atoms with E-state index in [-0.39, 0.29) is 23.7 Å². The first-order valence-corrected chi connectivity index (χ1v) is 11.7. The number of carbonyl (C=O) groups is 2. The van der Waals surface area contributed by atoms with Crippen molar-refractivity contribution in [2.45, 2.75) is 20.0 Å². The van der Waals surface area contributed by atoms with E-state index in [0.29, 0.717) is 28.4 Å². The summed E-state index contributed by atoms with van der Waals surface area (Å²) >= 11 is 8.68. The number of rotatable bonds is 8. The predicted octanol–water partition coefficient (Wildman–Crippen LogP) is 5.38. The summed E-state index contributed by atoms with van der Waals surface area (Å²) in [6.45, 7) is 3.65. The zero-order valence-corrected chi connectivity index (χ0v) is 21.0. The van der Waals surface area contributed by atoms with Crippen molar-refractivity contribution in [1.82, 2.24) is 5.32 Å². The molecule has 3 aromatic carbocycles. The largest absolute Gasteiger partial charge is 0.490 e. The number of hydrogen-bond acceptors (Lipinski definition) is 5. The molecule has 7 nitrogen and oxygen atoms in total. The van der Waals surface area contributed by atoms with Crippen molar-refractivity contribution in [3.8, 4) is 11.5 Å². The van der Waals surface area contributed by atoms with Crippen LogP contribution in [0.5, 0.6) is 11.5 Å². The molecule has 0 spiro atoms. The van der Waals surface area contributed by atoms with Gasteiger partial charge in [-0.3, -0.25) is 14.9 Å². The number of ether oxygens (including phenoxy) is 2. The molecule has 0 aliphatic heterocycles. The molecule has 3 aromatic rings. The van der Waals surface area contributed by atoms with E-state index in [0.717, 1.165) is 4.47 Å². The van der Waals surface area contributed by atoms with Gasteiger partial charge in [0.15, 0.2) is 11.7 Å². The maximum Gasteiger partial charge on any atom is 0.262 e. The Morgan fingerprint density at radius 3 is 2.35 bits per heavy atom. The topological polar surface area (TPSA) is 88.7 Å². The van der Waals surface area contributed by atoms with E-state index in [1.54, 1.807) is 54.6 Å². The van der Waals surface area contributed by atoms with Crippen molar-refractivity contribution in [3.63, 3.8) is 0 Å². The molecule has 0 aromatic heterocycles. The molecule has 0 unspecified atom stereocenters. The number of para-hydroxylation sites is 1. The summed E-state index contributed by atoms with van der Waals surface area (Å²) in [7, 11) is 0. The minimum Gasteiger partial charge on any atom is -0.490 e. The number of amides is 2. The van der Waals surface area contributed by atoms with Crippen LogP contribution in [-0.2, 0) is 4.79 Å². The van der Waals surface area contributed by atoms with Gasteiger partial charge in [0, 0.05) is 15.8 Å². The molecular weight excluding hydrogens is 518 g/mol. The lowest BCUT2D eigenvalue weighted by atomic mass is 10.2. The first-order chi connectivity index (χ1) is 16.3. The Balaban J connectivity index is 1.57. The number of hydrogen-bond donors (Lipinski definition) is 3. The fraction of sp³-hybridized carbons (Fsp3) is 0.160. The van der Waals surface area contributed by atoms with E-state index in [2.05, 4.69) is 31.9 Å². The number of benzene rings is 3. The van der Waals surface area contributed by atoms with Gasteiger partial charge in [-0.05, 0) is 74.6 Å². The molecule has 0 saturated carbocycles. The lowest BCUT2D eigenvalue weighted by Crippen LogP contribution is -2.34. The lowest BCUT2D eigenvalue weighted by Gasteiger charge is -2.15. The fourth-order valence-electron chi connectivity index (χ4n) is 2.91. The molecule has 9 heteroatoms. The van der Waals surface area contributed by atoms with Crippen LogP contribution in [0.1, 0.15) is 24.2 Å². The quantitative estimate of drug-likeness (QED) is 0.332. The summed E-state index contributed by atoms with van der Waals surface area (Å²) in [5.41, 5.74) is 1.51. The number of carbonyl (C=O) groups excluding carboxylic acids is 2. The van der Waals surface area contributed by atoms with Gasteiger partial charge in [-0.1, -0.05) is 40.2 Å². The van der Waals surface area contributed by atoms with E-state index in [4.69, 9.17) is 21.7 Å². The number of anilines is 2. The summed E-state index contributed by atoms with van der Waals surface area (Å²) in [6.07, 6.45) is -0.0890. The van der Waals surface area contributed by atoms with Crippen LogP contribution < -0.4 is 25.4 Å². The van der Waals surface area contributed by atoms with Crippen molar-refractivity contribution in [3.05, 3.63) is 82.8 Å². The maximum atomic E-state index is 12.8. The average Bonchev–Trinajstić information content (AvgIpc) is 2.79. The second-order valence-corrected chi connectivity index (χ2v) is 8.77. The van der Waals surface area contributed by atoms with E-state index in [1.165, 1.54) is 0 Å². The first-order valence-electron chi connectivity index (χ1n) is 10.5. The highest BCUT2D eigenvalue weighted by molar-refractivity contribution is 9.10. The van der Waals surface area contributed by atoms with Gasteiger partial charge in [0.1, 0.15) is 11.5 Å². The third kappa shape index (κ3) is 7.86. The molecule has 176 valence electrons. The van der Waals surface area contributed by atoms with Gasteiger partial charge in [0.05, 0.1) is 11.7 Å². The van der Waals surface area contributed by atoms with Gasteiger partial charge in [0.2, 0.25) is 0 Å². The summed E-state index contributed by atoms with van der Waals surface area (Å²) in [4.78, 5) is 25.0. The minimum absolute atomic E-state index is 0.0890. The van der Waals surface area contributed by atoms with Crippen LogP contribution in [0, 0.1) is 0 Å². The van der Waals surface area contributed by atoms with Crippen molar-refractivity contribution in [1.29, 1.82) is 0 Å². The van der Waals surface area contributed by atoms with E-state index < -0.39 is 5.91 Å². The first kappa shape index (κ1) is 25.2. The van der Waals surface area contributed by atoms with Crippen LogP contribution in [0.4, 0.5) is 11.4 Å². The minimum atomic E-state index is -0.406. The molecular formula is C25H24BrN3O4S. The second-order valence-electron chi connectivity index (χ2n) is 7.45. The van der Waals surface area contributed by atoms with Crippen molar-refractivity contribution in [2.24, 2.45) is 0 Å². The standard InChI is InChI=1S/C25H24BrN3O4S/c1-16(2)33-22-12-11-17(26)13-21(22)24(31)29-25(34)28-19-8-6-7-18(14-19)27-23(30)15-32-20-9-4-3-5-10-20/h3-14,16H,15H2,1-2H3,(H,27,30)(H2,28,29,31,34). The summed E-state index contributed by atoms with van der Waals surface area (Å²) in [5.74, 6) is 0.365. The molecule has 0 aliphatic rings. The summed E-state index contributed by atoms with van der Waals surface area (Å²) in [5, 5.41) is 8.49. The summed E-state index contributed by atoms with van der Waals surface area (Å²) < 4.78 is 11.9. The van der Waals surface area contributed by atoms with Crippen molar-refractivity contribution < 1.29 is 19.1 Å². The van der Waals surface area contributed by atoms with Crippen molar-refractivity contribution in [2.75, 3.05) is 17.2 Å². The van der Waals surface area contributed by atoms with Gasteiger partial charge in [0.25, 0.3) is 11.8 Å². The van der Waals surface area contributed by atoms with Crippen LogP contribution >= 0.6 is 28.1 Å². The Kier molecular flexibility index (Phi) is 9.00. The molecule has 0 atom stereocenters. The highest BCUT2D eigenvalue weighted by atomic mass is 79.9. The number of nitrogens with one attached hydrogen (secondary N) is 3. The highest BCUT2D eigenvalue weighted by Gasteiger charge is 2.16. The fourth-order valence-corrected chi connectivity index (χ4v) is 3.48. The number of halogens is 1. The Hall–Kier alpha value is -3.43. The van der Waals surface area contributed by atoms with Gasteiger partial charge in [-0.25, -0.2) is 0 Å². The third-order valence-electron chi connectivity index (χ3n) is 4.29. The van der Waals surface area contributed by atoms with Gasteiger partial charge in [-0.15, -0.1) is 0 Å². The lowest BCUT2D eigenvalue weighted by molar-refractivity contribution is -0.118. The predicted molar refractivity (Wildman–Crippen MR) is 141 cm³/mol. The molecule has 0 fully saturated rings. The molecule has 0 aliphatic carbocycles. The Bertz CT molecular complexity index is 1170. The maximum absolute atomic E-state index is 12.8. The Morgan fingerprint density at radius 1 is 0.941 bits per heavy atom. The van der Waals surface area contributed by atoms with E-state index in [9.17, 15) is 9.59 Å².